The summed E-state index contributed by atoms with van der Waals surface area (Å²) in [6.07, 6.45) is 0.616. The molecule has 3 rings (SSSR count). The van der Waals surface area contributed by atoms with Crippen molar-refractivity contribution in [2.24, 2.45) is 5.92 Å². The first kappa shape index (κ1) is 19.4. The lowest BCUT2D eigenvalue weighted by Gasteiger charge is -2.41. The first-order valence-corrected chi connectivity index (χ1v) is 9.36. The van der Waals surface area contributed by atoms with Gasteiger partial charge < -0.3 is 9.64 Å². The Kier molecular flexibility index (Phi) is 6.11. The molecular formula is C22H27FN2O2. The molecule has 1 fully saturated rings. The largest absolute Gasteiger partial charge is 0.496 e. The minimum absolute atomic E-state index is 0.108. The van der Waals surface area contributed by atoms with Crippen LogP contribution in [0.5, 0.6) is 5.75 Å². The van der Waals surface area contributed by atoms with E-state index in [0.29, 0.717) is 13.0 Å². The number of hydrogen-bond donors (Lipinski definition) is 0. The summed E-state index contributed by atoms with van der Waals surface area (Å²) in [5, 5.41) is 0. The van der Waals surface area contributed by atoms with Gasteiger partial charge in [-0.3, -0.25) is 9.69 Å². The summed E-state index contributed by atoms with van der Waals surface area (Å²) in [6.45, 7) is 4.12. The molecule has 1 aliphatic heterocycles. The van der Waals surface area contributed by atoms with Crippen molar-refractivity contribution in [2.75, 3.05) is 33.8 Å². The summed E-state index contributed by atoms with van der Waals surface area (Å²) in [5.74, 6) is 0.601. The fraction of sp³-hybridized carbons (Fsp3) is 0.409. The summed E-state index contributed by atoms with van der Waals surface area (Å²) in [4.78, 5) is 17.2. The maximum absolute atomic E-state index is 13.1. The second-order valence-electron chi connectivity index (χ2n) is 7.25. The monoisotopic (exact) mass is 370 g/mol. The van der Waals surface area contributed by atoms with Crippen molar-refractivity contribution in [2.45, 2.75) is 19.4 Å². The van der Waals surface area contributed by atoms with Gasteiger partial charge in [0.25, 0.3) is 0 Å². The number of hydrogen-bond acceptors (Lipinski definition) is 3. The Morgan fingerprint density at radius 3 is 2.59 bits per heavy atom. The van der Waals surface area contributed by atoms with E-state index in [2.05, 4.69) is 18.0 Å². The zero-order chi connectivity index (χ0) is 19.4. The standard InChI is InChI=1S/C22H27FN2O2/c1-16(14-17-8-10-18(23)11-9-17)22(26)25-13-12-24(2)20(15-25)19-6-4-5-7-21(19)27-3/h4-11,16,20H,12-15H2,1-3H3. The van der Waals surface area contributed by atoms with Gasteiger partial charge in [-0.2, -0.15) is 0 Å². The predicted molar refractivity (Wildman–Crippen MR) is 104 cm³/mol. The fourth-order valence-electron chi connectivity index (χ4n) is 3.72. The van der Waals surface area contributed by atoms with E-state index in [-0.39, 0.29) is 23.7 Å². The van der Waals surface area contributed by atoms with Crippen LogP contribution in [0.1, 0.15) is 24.1 Å². The predicted octanol–water partition coefficient (Wildman–Crippen LogP) is 3.53. The number of amides is 1. The smallest absolute Gasteiger partial charge is 0.225 e. The molecule has 4 nitrogen and oxygen atoms in total. The Bertz CT molecular complexity index is 778. The average Bonchev–Trinajstić information content (AvgIpc) is 2.69. The number of carbonyl (C=O) groups excluding carboxylic acids is 1. The SMILES string of the molecule is COc1ccccc1C1CN(C(=O)C(C)Cc2ccc(F)cc2)CCN1C. The van der Waals surface area contributed by atoms with Gasteiger partial charge in [-0.15, -0.1) is 0 Å². The van der Waals surface area contributed by atoms with Gasteiger partial charge in [0.1, 0.15) is 11.6 Å². The second kappa shape index (κ2) is 8.53. The zero-order valence-electron chi connectivity index (χ0n) is 16.2. The summed E-state index contributed by atoms with van der Waals surface area (Å²) in [5.41, 5.74) is 2.08. The van der Waals surface area contributed by atoms with E-state index in [9.17, 15) is 9.18 Å². The van der Waals surface area contributed by atoms with E-state index < -0.39 is 0 Å². The quantitative estimate of drug-likeness (QED) is 0.807. The van der Waals surface area contributed by atoms with Crippen LogP contribution in [-0.4, -0.2) is 49.5 Å². The number of carbonyl (C=O) groups is 1. The summed E-state index contributed by atoms with van der Waals surface area (Å²) in [6, 6.07) is 14.5. The molecular weight excluding hydrogens is 343 g/mol. The molecule has 0 aromatic heterocycles. The molecule has 0 aliphatic carbocycles. The van der Waals surface area contributed by atoms with E-state index in [4.69, 9.17) is 4.74 Å². The lowest BCUT2D eigenvalue weighted by atomic mass is 9.97. The number of nitrogens with zero attached hydrogens (tertiary/aromatic N) is 2. The van der Waals surface area contributed by atoms with Crippen molar-refractivity contribution in [1.82, 2.24) is 9.80 Å². The molecule has 0 bridgehead atoms. The van der Waals surface area contributed by atoms with Crippen molar-refractivity contribution in [3.8, 4) is 5.75 Å². The molecule has 2 aromatic rings. The highest BCUT2D eigenvalue weighted by Gasteiger charge is 2.31. The Labute approximate surface area is 160 Å². The topological polar surface area (TPSA) is 32.8 Å². The van der Waals surface area contributed by atoms with Crippen LogP contribution in [0.4, 0.5) is 4.39 Å². The highest BCUT2D eigenvalue weighted by atomic mass is 19.1. The van der Waals surface area contributed by atoms with E-state index >= 15 is 0 Å². The number of methoxy groups -OCH3 is 1. The fourth-order valence-corrected chi connectivity index (χ4v) is 3.72. The van der Waals surface area contributed by atoms with E-state index in [1.807, 2.05) is 30.0 Å². The summed E-state index contributed by atoms with van der Waals surface area (Å²) >= 11 is 0. The number of para-hydroxylation sites is 1. The maximum atomic E-state index is 13.1. The molecule has 2 aromatic carbocycles. The van der Waals surface area contributed by atoms with Gasteiger partial charge in [0, 0.05) is 31.1 Å². The van der Waals surface area contributed by atoms with E-state index in [1.165, 1.54) is 12.1 Å². The van der Waals surface area contributed by atoms with Crippen LogP contribution >= 0.6 is 0 Å². The first-order chi connectivity index (χ1) is 13.0. The summed E-state index contributed by atoms with van der Waals surface area (Å²) < 4.78 is 18.6. The molecule has 2 atom stereocenters. The van der Waals surface area contributed by atoms with Gasteiger partial charge in [0.15, 0.2) is 0 Å². The van der Waals surface area contributed by atoms with Gasteiger partial charge in [-0.05, 0) is 37.2 Å². The molecule has 27 heavy (non-hydrogen) atoms. The molecule has 5 heteroatoms. The first-order valence-electron chi connectivity index (χ1n) is 9.36. The molecule has 0 radical (unpaired) electrons. The third kappa shape index (κ3) is 4.48. The summed E-state index contributed by atoms with van der Waals surface area (Å²) in [7, 11) is 3.76. The Balaban J connectivity index is 1.71. The average molecular weight is 370 g/mol. The Morgan fingerprint density at radius 1 is 1.19 bits per heavy atom. The van der Waals surface area contributed by atoms with Crippen LogP contribution in [0.15, 0.2) is 48.5 Å². The zero-order valence-corrected chi connectivity index (χ0v) is 16.2. The minimum atomic E-state index is -0.253. The number of rotatable bonds is 5. The number of benzene rings is 2. The van der Waals surface area contributed by atoms with Crippen LogP contribution < -0.4 is 4.74 Å². The second-order valence-corrected chi connectivity index (χ2v) is 7.25. The minimum Gasteiger partial charge on any atom is -0.496 e. The molecule has 1 saturated heterocycles. The molecule has 1 amide bonds. The molecule has 2 unspecified atom stereocenters. The lowest BCUT2D eigenvalue weighted by molar-refractivity contribution is -0.137. The third-order valence-corrected chi connectivity index (χ3v) is 5.33. The van der Waals surface area contributed by atoms with Gasteiger partial charge >= 0.3 is 0 Å². The van der Waals surface area contributed by atoms with Gasteiger partial charge in [-0.25, -0.2) is 4.39 Å². The van der Waals surface area contributed by atoms with Crippen LogP contribution in [0, 0.1) is 11.7 Å². The normalized spacial score (nSPS) is 19.0. The Morgan fingerprint density at radius 2 is 1.89 bits per heavy atom. The maximum Gasteiger partial charge on any atom is 0.225 e. The Hall–Kier alpha value is -2.40. The van der Waals surface area contributed by atoms with Crippen molar-refractivity contribution < 1.29 is 13.9 Å². The number of halogens is 1. The molecule has 144 valence electrons. The highest BCUT2D eigenvalue weighted by molar-refractivity contribution is 5.79. The van der Waals surface area contributed by atoms with Gasteiger partial charge in [0.2, 0.25) is 5.91 Å². The van der Waals surface area contributed by atoms with Crippen LogP contribution in [0.3, 0.4) is 0 Å². The molecule has 1 aliphatic rings. The van der Waals surface area contributed by atoms with E-state index in [0.717, 1.165) is 30.0 Å². The number of ether oxygens (including phenoxy) is 1. The highest BCUT2D eigenvalue weighted by Crippen LogP contribution is 2.31. The van der Waals surface area contributed by atoms with Crippen LogP contribution in [0.2, 0.25) is 0 Å². The molecule has 1 heterocycles. The van der Waals surface area contributed by atoms with E-state index in [1.54, 1.807) is 19.2 Å². The third-order valence-electron chi connectivity index (χ3n) is 5.33. The molecule has 0 N–H and O–H groups in total. The van der Waals surface area contributed by atoms with Crippen molar-refractivity contribution >= 4 is 5.91 Å². The number of piperazine rings is 1. The van der Waals surface area contributed by atoms with Crippen molar-refractivity contribution in [3.63, 3.8) is 0 Å². The van der Waals surface area contributed by atoms with Gasteiger partial charge in [0.05, 0.1) is 13.2 Å². The molecule has 0 spiro atoms. The molecule has 0 saturated carbocycles. The number of likely N-dealkylation sites (N-methyl/N-ethyl adjacent to an activating group) is 1. The van der Waals surface area contributed by atoms with Crippen molar-refractivity contribution in [3.05, 3.63) is 65.5 Å². The van der Waals surface area contributed by atoms with Crippen LogP contribution in [0.25, 0.3) is 0 Å². The van der Waals surface area contributed by atoms with Crippen molar-refractivity contribution in [1.29, 1.82) is 0 Å². The lowest BCUT2D eigenvalue weighted by Crippen LogP contribution is -2.50. The van der Waals surface area contributed by atoms with Crippen LogP contribution in [-0.2, 0) is 11.2 Å². The van der Waals surface area contributed by atoms with Gasteiger partial charge in [-0.1, -0.05) is 37.3 Å².